The van der Waals surface area contributed by atoms with Gasteiger partial charge < -0.3 is 5.32 Å². The van der Waals surface area contributed by atoms with Gasteiger partial charge >= 0.3 is 0 Å². The van der Waals surface area contributed by atoms with E-state index >= 15 is 0 Å². The summed E-state index contributed by atoms with van der Waals surface area (Å²) in [7, 11) is 0. The predicted molar refractivity (Wildman–Crippen MR) is 67.1 cm³/mol. The molecule has 0 spiro atoms. The lowest BCUT2D eigenvalue weighted by molar-refractivity contribution is -0.112. The first-order valence-corrected chi connectivity index (χ1v) is 5.45. The maximum Gasteiger partial charge on any atom is 0.154 e. The molecule has 17 heavy (non-hydrogen) atoms. The third-order valence-corrected chi connectivity index (χ3v) is 2.42. The van der Waals surface area contributed by atoms with E-state index in [0.717, 1.165) is 11.1 Å². The Hall–Kier alpha value is -2.08. The molecule has 0 radical (unpaired) electrons. The van der Waals surface area contributed by atoms with Crippen molar-refractivity contribution in [2.45, 2.75) is 26.8 Å². The molecule has 0 heterocycles. The van der Waals surface area contributed by atoms with Crippen molar-refractivity contribution in [3.8, 4) is 6.07 Å². The highest BCUT2D eigenvalue weighted by Gasteiger charge is 2.11. The Labute approximate surface area is 102 Å². The Kier molecular flexibility index (Phi) is 4.47. The van der Waals surface area contributed by atoms with Gasteiger partial charge in [0.25, 0.3) is 0 Å². The van der Waals surface area contributed by atoms with Gasteiger partial charge in [0.1, 0.15) is 6.04 Å². The second-order valence-corrected chi connectivity index (χ2v) is 4.00. The molecule has 0 aliphatic heterocycles. The van der Waals surface area contributed by atoms with Gasteiger partial charge in [0, 0.05) is 5.70 Å². The molecular formula is C14H16N2O. The van der Waals surface area contributed by atoms with E-state index in [1.165, 1.54) is 13.0 Å². The van der Waals surface area contributed by atoms with E-state index in [-0.39, 0.29) is 5.78 Å². The van der Waals surface area contributed by atoms with Crippen LogP contribution < -0.4 is 5.32 Å². The minimum absolute atomic E-state index is 0.0310. The Bertz CT molecular complexity index is 483. The molecule has 0 bridgehead atoms. The Morgan fingerprint density at radius 2 is 2.06 bits per heavy atom. The van der Waals surface area contributed by atoms with E-state index in [0.29, 0.717) is 5.70 Å². The minimum Gasteiger partial charge on any atom is -0.370 e. The second-order valence-electron chi connectivity index (χ2n) is 4.00. The van der Waals surface area contributed by atoms with E-state index in [2.05, 4.69) is 11.4 Å². The standard InChI is InChI=1S/C14H16N2O/c1-10-6-4-5-7-13(10)14(9-15)16-11(2)8-12(3)17/h4-8,14,16H,1-3H3/b11-8-. The molecule has 3 heteroatoms. The van der Waals surface area contributed by atoms with Crippen LogP contribution in [0.1, 0.15) is 31.0 Å². The number of hydrogen-bond acceptors (Lipinski definition) is 3. The van der Waals surface area contributed by atoms with Crippen molar-refractivity contribution >= 4 is 5.78 Å². The van der Waals surface area contributed by atoms with Crippen molar-refractivity contribution < 1.29 is 4.79 Å². The molecule has 0 amide bonds. The van der Waals surface area contributed by atoms with Crippen LogP contribution in [0.5, 0.6) is 0 Å². The third-order valence-electron chi connectivity index (χ3n) is 2.42. The molecule has 0 aliphatic rings. The summed E-state index contributed by atoms with van der Waals surface area (Å²) < 4.78 is 0. The van der Waals surface area contributed by atoms with Gasteiger partial charge in [-0.05, 0) is 38.0 Å². The van der Waals surface area contributed by atoms with Gasteiger partial charge in [0.2, 0.25) is 0 Å². The Morgan fingerprint density at radius 1 is 1.41 bits per heavy atom. The Morgan fingerprint density at radius 3 is 2.59 bits per heavy atom. The first kappa shape index (κ1) is 13.0. The SMILES string of the molecule is CC(=O)/C=C(/C)NC(C#N)c1ccccc1C. The summed E-state index contributed by atoms with van der Waals surface area (Å²) in [6, 6.07) is 9.49. The van der Waals surface area contributed by atoms with Gasteiger partial charge in [-0.1, -0.05) is 24.3 Å². The van der Waals surface area contributed by atoms with Crippen molar-refractivity contribution in [1.29, 1.82) is 5.26 Å². The smallest absolute Gasteiger partial charge is 0.154 e. The number of rotatable bonds is 4. The van der Waals surface area contributed by atoms with Gasteiger partial charge in [0.05, 0.1) is 6.07 Å². The van der Waals surface area contributed by atoms with Crippen LogP contribution in [0, 0.1) is 18.3 Å². The monoisotopic (exact) mass is 228 g/mol. The lowest BCUT2D eigenvalue weighted by atomic mass is 10.0. The number of ketones is 1. The van der Waals surface area contributed by atoms with Crippen molar-refractivity contribution in [2.75, 3.05) is 0 Å². The molecule has 1 unspecified atom stereocenters. The van der Waals surface area contributed by atoms with Crippen LogP contribution in [0.25, 0.3) is 0 Å². The van der Waals surface area contributed by atoms with Crippen molar-refractivity contribution in [3.05, 3.63) is 47.2 Å². The molecule has 0 saturated carbocycles. The third kappa shape index (κ3) is 3.76. The van der Waals surface area contributed by atoms with Crippen LogP contribution in [0.2, 0.25) is 0 Å². The number of hydrogen-bond donors (Lipinski definition) is 1. The summed E-state index contributed by atoms with van der Waals surface area (Å²) in [5, 5.41) is 12.2. The van der Waals surface area contributed by atoms with Crippen LogP contribution in [-0.2, 0) is 4.79 Å². The molecule has 1 N–H and O–H groups in total. The molecular weight excluding hydrogens is 212 g/mol. The number of nitrogens with one attached hydrogen (secondary N) is 1. The van der Waals surface area contributed by atoms with E-state index in [1.54, 1.807) is 6.92 Å². The summed E-state index contributed by atoms with van der Waals surface area (Å²) in [4.78, 5) is 10.9. The van der Waals surface area contributed by atoms with E-state index in [9.17, 15) is 4.79 Å². The van der Waals surface area contributed by atoms with Crippen LogP contribution in [0.4, 0.5) is 0 Å². The number of carbonyl (C=O) groups is 1. The number of benzene rings is 1. The molecule has 1 aromatic rings. The normalized spacial score (nSPS) is 12.7. The number of nitrogens with zero attached hydrogens (tertiary/aromatic N) is 1. The number of carbonyl (C=O) groups excluding carboxylic acids is 1. The fraction of sp³-hybridized carbons (Fsp3) is 0.286. The maximum absolute atomic E-state index is 10.9. The van der Waals surface area contributed by atoms with Crippen molar-refractivity contribution in [1.82, 2.24) is 5.32 Å². The first-order chi connectivity index (χ1) is 8.04. The van der Waals surface area contributed by atoms with Crippen LogP contribution >= 0.6 is 0 Å². The molecule has 0 aromatic heterocycles. The largest absolute Gasteiger partial charge is 0.370 e. The number of nitriles is 1. The fourth-order valence-corrected chi connectivity index (χ4v) is 1.66. The minimum atomic E-state index is -0.424. The highest BCUT2D eigenvalue weighted by Crippen LogP contribution is 2.17. The second kappa shape index (κ2) is 5.86. The van der Waals surface area contributed by atoms with E-state index in [4.69, 9.17) is 5.26 Å². The van der Waals surface area contributed by atoms with Crippen molar-refractivity contribution in [3.63, 3.8) is 0 Å². The molecule has 1 aromatic carbocycles. The van der Waals surface area contributed by atoms with Gasteiger partial charge in [-0.3, -0.25) is 4.79 Å². The number of aryl methyl sites for hydroxylation is 1. The van der Waals surface area contributed by atoms with E-state index < -0.39 is 6.04 Å². The van der Waals surface area contributed by atoms with E-state index in [1.807, 2.05) is 31.2 Å². The number of allylic oxidation sites excluding steroid dienone is 2. The van der Waals surface area contributed by atoms with Crippen LogP contribution in [0.15, 0.2) is 36.0 Å². The molecule has 3 nitrogen and oxygen atoms in total. The highest BCUT2D eigenvalue weighted by atomic mass is 16.1. The van der Waals surface area contributed by atoms with Gasteiger partial charge in [-0.15, -0.1) is 0 Å². The van der Waals surface area contributed by atoms with Crippen LogP contribution in [-0.4, -0.2) is 5.78 Å². The fourth-order valence-electron chi connectivity index (χ4n) is 1.66. The summed E-state index contributed by atoms with van der Waals surface area (Å²) in [5.74, 6) is -0.0310. The molecule has 1 atom stereocenters. The molecule has 0 fully saturated rings. The molecule has 0 aliphatic carbocycles. The van der Waals surface area contributed by atoms with Gasteiger partial charge in [0.15, 0.2) is 5.78 Å². The van der Waals surface area contributed by atoms with Crippen molar-refractivity contribution in [2.24, 2.45) is 0 Å². The average molecular weight is 228 g/mol. The molecule has 88 valence electrons. The average Bonchev–Trinajstić information content (AvgIpc) is 2.26. The van der Waals surface area contributed by atoms with Gasteiger partial charge in [-0.2, -0.15) is 5.26 Å². The van der Waals surface area contributed by atoms with Crippen LogP contribution in [0.3, 0.4) is 0 Å². The zero-order chi connectivity index (χ0) is 12.8. The first-order valence-electron chi connectivity index (χ1n) is 5.45. The maximum atomic E-state index is 10.9. The topological polar surface area (TPSA) is 52.9 Å². The Balaban J connectivity index is 2.92. The highest BCUT2D eigenvalue weighted by molar-refractivity contribution is 5.87. The predicted octanol–water partition coefficient (Wildman–Crippen LogP) is 2.64. The zero-order valence-electron chi connectivity index (χ0n) is 10.3. The summed E-state index contributed by atoms with van der Waals surface area (Å²) >= 11 is 0. The summed E-state index contributed by atoms with van der Waals surface area (Å²) in [5.41, 5.74) is 2.70. The zero-order valence-corrected chi connectivity index (χ0v) is 10.3. The molecule has 0 saturated heterocycles. The lowest BCUT2D eigenvalue weighted by Gasteiger charge is -2.15. The van der Waals surface area contributed by atoms with Gasteiger partial charge in [-0.25, -0.2) is 0 Å². The summed E-state index contributed by atoms with van der Waals surface area (Å²) in [6.45, 7) is 5.23. The summed E-state index contributed by atoms with van der Waals surface area (Å²) in [6.07, 6.45) is 1.49. The quantitative estimate of drug-likeness (QED) is 0.806. The lowest BCUT2D eigenvalue weighted by Crippen LogP contribution is -2.19. The molecule has 1 rings (SSSR count).